The van der Waals surface area contributed by atoms with Gasteiger partial charge in [-0.3, -0.25) is 0 Å². The summed E-state index contributed by atoms with van der Waals surface area (Å²) in [6, 6.07) is 3.52. The lowest BCUT2D eigenvalue weighted by Gasteiger charge is -2.33. The topological polar surface area (TPSA) is 30.2 Å². The lowest BCUT2D eigenvalue weighted by Crippen LogP contribution is -2.31. The second kappa shape index (κ2) is 2.37. The summed E-state index contributed by atoms with van der Waals surface area (Å²) in [5.41, 5.74) is 1.35. The summed E-state index contributed by atoms with van der Waals surface area (Å²) >= 11 is 0. The zero-order valence-corrected chi connectivity index (χ0v) is 9.46. The molecule has 0 spiro atoms. The van der Waals surface area contributed by atoms with Gasteiger partial charge in [-0.15, -0.1) is 0 Å². The molecule has 15 heavy (non-hydrogen) atoms. The van der Waals surface area contributed by atoms with Gasteiger partial charge in [0.15, 0.2) is 0 Å². The van der Waals surface area contributed by atoms with E-state index in [0.29, 0.717) is 5.92 Å². The highest BCUT2D eigenvalue weighted by Gasteiger charge is 2.61. The van der Waals surface area contributed by atoms with Crippen LogP contribution < -0.4 is 5.63 Å². The Hall–Kier alpha value is -1.05. The van der Waals surface area contributed by atoms with Gasteiger partial charge in [-0.1, -0.05) is 20.8 Å². The molecule has 2 bridgehead atoms. The molecule has 2 aliphatic rings. The fourth-order valence-corrected chi connectivity index (χ4v) is 3.58. The van der Waals surface area contributed by atoms with Crippen LogP contribution in [0.5, 0.6) is 0 Å². The van der Waals surface area contributed by atoms with Crippen LogP contribution in [0.15, 0.2) is 21.3 Å². The monoisotopic (exact) mass is 204 g/mol. The minimum absolute atomic E-state index is 0.0629. The average molecular weight is 204 g/mol. The van der Waals surface area contributed by atoms with E-state index in [9.17, 15) is 4.79 Å². The Morgan fingerprint density at radius 2 is 2.07 bits per heavy atom. The van der Waals surface area contributed by atoms with Crippen molar-refractivity contribution in [2.45, 2.75) is 44.9 Å². The highest BCUT2D eigenvalue weighted by Crippen LogP contribution is 2.67. The van der Waals surface area contributed by atoms with Crippen LogP contribution in [0.25, 0.3) is 0 Å². The van der Waals surface area contributed by atoms with Crippen LogP contribution in [0.4, 0.5) is 0 Å². The van der Waals surface area contributed by atoms with Gasteiger partial charge in [-0.25, -0.2) is 4.79 Å². The van der Waals surface area contributed by atoms with Gasteiger partial charge in [0.05, 0.1) is 0 Å². The molecule has 0 amide bonds. The standard InChI is InChI=1S/C13H16O2/c1-12(2)9-6-7-13(12,3)11-8(9)4-5-10(14)15-11/h4-5,9H,6-7H2,1-3H3/t9-,13-/m1/s1. The predicted molar refractivity (Wildman–Crippen MR) is 58.1 cm³/mol. The summed E-state index contributed by atoms with van der Waals surface area (Å²) in [6.45, 7) is 6.83. The summed E-state index contributed by atoms with van der Waals surface area (Å²) < 4.78 is 5.44. The van der Waals surface area contributed by atoms with Crippen molar-refractivity contribution < 1.29 is 4.42 Å². The number of hydrogen-bond acceptors (Lipinski definition) is 2. The van der Waals surface area contributed by atoms with Gasteiger partial charge in [-0.2, -0.15) is 0 Å². The first kappa shape index (κ1) is 9.20. The molecule has 0 aromatic carbocycles. The van der Waals surface area contributed by atoms with Crippen molar-refractivity contribution in [2.75, 3.05) is 0 Å². The van der Waals surface area contributed by atoms with Crippen molar-refractivity contribution in [2.24, 2.45) is 5.41 Å². The van der Waals surface area contributed by atoms with Gasteiger partial charge < -0.3 is 4.42 Å². The van der Waals surface area contributed by atoms with Crippen molar-refractivity contribution in [3.63, 3.8) is 0 Å². The Morgan fingerprint density at radius 1 is 1.33 bits per heavy atom. The molecular weight excluding hydrogens is 188 g/mol. The van der Waals surface area contributed by atoms with Crippen LogP contribution in [0, 0.1) is 5.41 Å². The third kappa shape index (κ3) is 0.842. The zero-order chi connectivity index (χ0) is 10.8. The lowest BCUT2D eigenvalue weighted by atomic mass is 9.70. The van der Waals surface area contributed by atoms with E-state index in [1.165, 1.54) is 12.0 Å². The third-order valence-electron chi connectivity index (χ3n) is 4.97. The average Bonchev–Trinajstić information content (AvgIpc) is 2.48. The van der Waals surface area contributed by atoms with Gasteiger partial charge >= 0.3 is 5.63 Å². The Kier molecular flexibility index (Phi) is 1.45. The van der Waals surface area contributed by atoms with E-state index in [0.717, 1.165) is 12.2 Å². The number of hydrogen-bond donors (Lipinski definition) is 0. The summed E-state index contributed by atoms with van der Waals surface area (Å²) in [4.78, 5) is 11.3. The van der Waals surface area contributed by atoms with Crippen LogP contribution in [0.2, 0.25) is 0 Å². The second-order valence-electron chi connectivity index (χ2n) is 5.68. The molecule has 3 rings (SSSR count). The van der Waals surface area contributed by atoms with E-state index in [1.807, 2.05) is 6.07 Å². The highest BCUT2D eigenvalue weighted by molar-refractivity contribution is 5.42. The zero-order valence-electron chi connectivity index (χ0n) is 9.46. The Bertz CT molecular complexity index is 484. The highest BCUT2D eigenvalue weighted by atomic mass is 16.4. The van der Waals surface area contributed by atoms with E-state index in [-0.39, 0.29) is 16.5 Å². The van der Waals surface area contributed by atoms with Gasteiger partial charge in [0.1, 0.15) is 5.76 Å². The quantitative estimate of drug-likeness (QED) is 0.650. The van der Waals surface area contributed by atoms with Crippen molar-refractivity contribution in [1.82, 2.24) is 0 Å². The van der Waals surface area contributed by atoms with Crippen LogP contribution >= 0.6 is 0 Å². The SMILES string of the molecule is CC1(C)[C@@H]2CC[C@]1(C)c1oc(=O)ccc12. The largest absolute Gasteiger partial charge is 0.427 e. The fraction of sp³-hybridized carbons (Fsp3) is 0.615. The Balaban J connectivity index is 2.34. The molecule has 1 aromatic rings. The lowest BCUT2D eigenvalue weighted by molar-refractivity contribution is 0.201. The smallest absolute Gasteiger partial charge is 0.335 e. The Labute approximate surface area is 89.3 Å². The van der Waals surface area contributed by atoms with Crippen LogP contribution in [-0.4, -0.2) is 0 Å². The van der Waals surface area contributed by atoms with Crippen molar-refractivity contribution in [3.05, 3.63) is 33.9 Å². The normalized spacial score (nSPS) is 35.5. The van der Waals surface area contributed by atoms with Crippen molar-refractivity contribution >= 4 is 0 Å². The molecule has 0 N–H and O–H groups in total. The number of fused-ring (bicyclic) bond motifs is 5. The molecule has 1 saturated carbocycles. The first-order chi connectivity index (χ1) is 6.97. The van der Waals surface area contributed by atoms with E-state index in [2.05, 4.69) is 20.8 Å². The summed E-state index contributed by atoms with van der Waals surface area (Å²) in [7, 11) is 0. The van der Waals surface area contributed by atoms with E-state index in [1.54, 1.807) is 6.07 Å². The van der Waals surface area contributed by atoms with E-state index >= 15 is 0 Å². The van der Waals surface area contributed by atoms with Crippen LogP contribution in [0.3, 0.4) is 0 Å². The summed E-state index contributed by atoms with van der Waals surface area (Å²) in [6.07, 6.45) is 2.37. The maximum Gasteiger partial charge on any atom is 0.335 e. The molecule has 0 unspecified atom stereocenters. The molecule has 2 nitrogen and oxygen atoms in total. The maximum atomic E-state index is 11.3. The fourth-order valence-electron chi connectivity index (χ4n) is 3.58. The van der Waals surface area contributed by atoms with Gasteiger partial charge in [-0.05, 0) is 35.8 Å². The second-order valence-corrected chi connectivity index (χ2v) is 5.68. The molecule has 2 atom stereocenters. The molecule has 0 aliphatic heterocycles. The minimum Gasteiger partial charge on any atom is -0.427 e. The van der Waals surface area contributed by atoms with Gasteiger partial charge in [0.2, 0.25) is 0 Å². The van der Waals surface area contributed by atoms with E-state index in [4.69, 9.17) is 4.42 Å². The first-order valence-electron chi connectivity index (χ1n) is 5.61. The van der Waals surface area contributed by atoms with Crippen molar-refractivity contribution in [1.29, 1.82) is 0 Å². The van der Waals surface area contributed by atoms with Gasteiger partial charge in [0, 0.05) is 11.5 Å². The molecule has 1 aromatic heterocycles. The minimum atomic E-state index is -0.210. The first-order valence-corrected chi connectivity index (χ1v) is 5.61. The molecular formula is C13H16O2. The maximum absolute atomic E-state index is 11.3. The summed E-state index contributed by atoms with van der Waals surface area (Å²) in [5, 5.41) is 0. The van der Waals surface area contributed by atoms with E-state index < -0.39 is 0 Å². The molecule has 80 valence electrons. The molecule has 1 fully saturated rings. The molecule has 0 radical (unpaired) electrons. The molecule has 2 aliphatic carbocycles. The van der Waals surface area contributed by atoms with Gasteiger partial charge in [0.25, 0.3) is 0 Å². The molecule has 0 saturated heterocycles. The van der Waals surface area contributed by atoms with Crippen LogP contribution in [-0.2, 0) is 5.41 Å². The van der Waals surface area contributed by atoms with Crippen LogP contribution in [0.1, 0.15) is 50.9 Å². The number of rotatable bonds is 0. The summed E-state index contributed by atoms with van der Waals surface area (Å²) in [5.74, 6) is 1.53. The molecule has 1 heterocycles. The predicted octanol–water partition coefficient (Wildman–Crippen LogP) is 2.81. The third-order valence-corrected chi connectivity index (χ3v) is 4.97. The van der Waals surface area contributed by atoms with Crippen molar-refractivity contribution in [3.8, 4) is 0 Å². The Morgan fingerprint density at radius 3 is 2.80 bits per heavy atom. The molecule has 2 heteroatoms.